The zero-order valence-corrected chi connectivity index (χ0v) is 11.2. The minimum Gasteiger partial charge on any atom is -0.380 e. The molecule has 1 N–H and O–H groups in total. The van der Waals surface area contributed by atoms with E-state index in [2.05, 4.69) is 46.9 Å². The van der Waals surface area contributed by atoms with Crippen molar-refractivity contribution in [3.8, 4) is 0 Å². The highest BCUT2D eigenvalue weighted by Gasteiger charge is 2.66. The van der Waals surface area contributed by atoms with E-state index in [-0.39, 0.29) is 0 Å². The van der Waals surface area contributed by atoms with Crippen LogP contribution in [0.25, 0.3) is 0 Å². The van der Waals surface area contributed by atoms with Gasteiger partial charge in [-0.3, -0.25) is 0 Å². The lowest BCUT2D eigenvalue weighted by atomic mass is 10.0. The van der Waals surface area contributed by atoms with Gasteiger partial charge in [-0.1, -0.05) is 34.6 Å². The Bertz CT molecular complexity index is 197. The summed E-state index contributed by atoms with van der Waals surface area (Å²) in [5.74, 6) is 0.733. The van der Waals surface area contributed by atoms with E-state index in [1.807, 2.05) is 0 Å². The molecular weight excluding hydrogens is 186 g/mol. The molecular formula is C13H27NO. The van der Waals surface area contributed by atoms with E-state index < -0.39 is 0 Å². The van der Waals surface area contributed by atoms with Gasteiger partial charge >= 0.3 is 0 Å². The molecule has 0 aromatic heterocycles. The van der Waals surface area contributed by atoms with E-state index in [1.54, 1.807) is 0 Å². The van der Waals surface area contributed by atoms with Crippen molar-refractivity contribution in [1.82, 2.24) is 5.32 Å². The molecule has 0 aromatic rings. The Morgan fingerprint density at radius 2 is 1.67 bits per heavy atom. The van der Waals surface area contributed by atoms with E-state index in [9.17, 15) is 0 Å². The molecule has 0 saturated heterocycles. The van der Waals surface area contributed by atoms with Gasteiger partial charge in [-0.05, 0) is 30.2 Å². The van der Waals surface area contributed by atoms with Crippen molar-refractivity contribution in [3.63, 3.8) is 0 Å². The molecule has 0 aromatic carbocycles. The van der Waals surface area contributed by atoms with Crippen LogP contribution in [0.2, 0.25) is 0 Å². The minimum atomic E-state index is 0.441. The second-order valence-corrected chi connectivity index (χ2v) is 5.74. The van der Waals surface area contributed by atoms with Gasteiger partial charge in [-0.2, -0.15) is 0 Å². The topological polar surface area (TPSA) is 21.3 Å². The maximum atomic E-state index is 5.57. The van der Waals surface area contributed by atoms with Crippen molar-refractivity contribution in [2.24, 2.45) is 16.7 Å². The lowest BCUT2D eigenvalue weighted by Gasteiger charge is -2.19. The molecule has 15 heavy (non-hydrogen) atoms. The number of ether oxygens (including phenoxy) is 1. The van der Waals surface area contributed by atoms with Crippen molar-refractivity contribution in [2.75, 3.05) is 19.8 Å². The molecule has 1 saturated carbocycles. The van der Waals surface area contributed by atoms with Crippen LogP contribution in [0.4, 0.5) is 0 Å². The molecule has 0 spiro atoms. The van der Waals surface area contributed by atoms with Crippen LogP contribution >= 0.6 is 0 Å². The van der Waals surface area contributed by atoms with Gasteiger partial charge < -0.3 is 10.1 Å². The van der Waals surface area contributed by atoms with E-state index in [0.717, 1.165) is 25.7 Å². The van der Waals surface area contributed by atoms with Gasteiger partial charge in [0.15, 0.2) is 0 Å². The summed E-state index contributed by atoms with van der Waals surface area (Å²) in [6.45, 7) is 16.4. The van der Waals surface area contributed by atoms with Gasteiger partial charge in [0.05, 0.1) is 6.61 Å². The van der Waals surface area contributed by atoms with Crippen LogP contribution in [-0.4, -0.2) is 25.8 Å². The molecule has 1 fully saturated rings. The Balaban J connectivity index is 2.58. The van der Waals surface area contributed by atoms with Crippen molar-refractivity contribution in [3.05, 3.63) is 0 Å². The van der Waals surface area contributed by atoms with Gasteiger partial charge in [0, 0.05) is 12.6 Å². The molecule has 1 aliphatic rings. The number of hydrogen-bond donors (Lipinski definition) is 1. The molecule has 0 bridgehead atoms. The van der Waals surface area contributed by atoms with Crippen molar-refractivity contribution in [1.29, 1.82) is 0 Å². The monoisotopic (exact) mass is 213 g/mol. The molecule has 90 valence electrons. The number of hydrogen-bond acceptors (Lipinski definition) is 2. The summed E-state index contributed by atoms with van der Waals surface area (Å²) in [5, 5.41) is 3.57. The molecule has 0 aliphatic heterocycles. The first-order valence-corrected chi connectivity index (χ1v) is 6.20. The zero-order chi connectivity index (χ0) is 11.7. The van der Waals surface area contributed by atoms with Crippen LogP contribution < -0.4 is 5.32 Å². The minimum absolute atomic E-state index is 0.441. The predicted octanol–water partition coefficient (Wildman–Crippen LogP) is 2.68. The smallest absolute Gasteiger partial charge is 0.0622 e. The molecule has 1 atom stereocenters. The Hall–Kier alpha value is -0.0800. The van der Waals surface area contributed by atoms with Gasteiger partial charge in [-0.25, -0.2) is 0 Å². The van der Waals surface area contributed by atoms with Crippen molar-refractivity contribution < 1.29 is 4.74 Å². The molecule has 2 heteroatoms. The average molecular weight is 213 g/mol. The van der Waals surface area contributed by atoms with E-state index >= 15 is 0 Å². The fourth-order valence-electron chi connectivity index (χ4n) is 3.03. The summed E-state index contributed by atoms with van der Waals surface area (Å²) >= 11 is 0. The molecule has 1 unspecified atom stereocenters. The summed E-state index contributed by atoms with van der Waals surface area (Å²) in [7, 11) is 0. The summed E-state index contributed by atoms with van der Waals surface area (Å²) in [6.07, 6.45) is 0. The van der Waals surface area contributed by atoms with Crippen LogP contribution in [0, 0.1) is 16.7 Å². The number of rotatable bonds is 6. The van der Waals surface area contributed by atoms with Crippen LogP contribution in [0.1, 0.15) is 41.5 Å². The maximum Gasteiger partial charge on any atom is 0.0622 e. The molecule has 1 rings (SSSR count). The second kappa shape index (κ2) is 4.42. The Kier molecular flexibility index (Phi) is 3.83. The van der Waals surface area contributed by atoms with Crippen molar-refractivity contribution in [2.45, 2.75) is 47.6 Å². The summed E-state index contributed by atoms with van der Waals surface area (Å²) in [4.78, 5) is 0. The van der Waals surface area contributed by atoms with E-state index in [0.29, 0.717) is 16.9 Å². The van der Waals surface area contributed by atoms with Gasteiger partial charge in [0.2, 0.25) is 0 Å². The van der Waals surface area contributed by atoms with E-state index in [4.69, 9.17) is 4.74 Å². The highest BCUT2D eigenvalue weighted by atomic mass is 16.5. The van der Waals surface area contributed by atoms with Crippen LogP contribution in [0.5, 0.6) is 0 Å². The third kappa shape index (κ3) is 2.21. The van der Waals surface area contributed by atoms with Crippen LogP contribution in [-0.2, 0) is 4.74 Å². The quantitative estimate of drug-likeness (QED) is 0.732. The fraction of sp³-hybridized carbons (Fsp3) is 1.00. The highest BCUT2D eigenvalue weighted by molar-refractivity contribution is 5.16. The largest absolute Gasteiger partial charge is 0.380 e. The lowest BCUT2D eigenvalue weighted by molar-refractivity contribution is 0.110. The highest BCUT2D eigenvalue weighted by Crippen LogP contribution is 2.69. The Morgan fingerprint density at radius 3 is 2.00 bits per heavy atom. The van der Waals surface area contributed by atoms with Gasteiger partial charge in [0.1, 0.15) is 0 Å². The predicted molar refractivity (Wildman–Crippen MR) is 65.0 cm³/mol. The molecule has 0 heterocycles. The number of likely N-dealkylation sites (N-methyl/N-ethyl adjacent to an activating group) is 1. The molecule has 0 amide bonds. The molecule has 0 radical (unpaired) electrons. The molecule has 1 aliphatic carbocycles. The normalized spacial score (nSPS) is 25.2. The second-order valence-electron chi connectivity index (χ2n) is 5.74. The third-order valence-corrected chi connectivity index (χ3v) is 4.50. The third-order valence-electron chi connectivity index (χ3n) is 4.50. The standard InChI is InChI=1S/C13H27NO/c1-7-14-10(9-15-8-2)11-12(3,4)13(11,5)6/h10-11,14H,7-9H2,1-6H3. The van der Waals surface area contributed by atoms with Crippen LogP contribution in [0.3, 0.4) is 0 Å². The maximum absolute atomic E-state index is 5.57. The Morgan fingerprint density at radius 1 is 1.13 bits per heavy atom. The van der Waals surface area contributed by atoms with Gasteiger partial charge in [-0.15, -0.1) is 0 Å². The fourth-order valence-corrected chi connectivity index (χ4v) is 3.03. The summed E-state index contributed by atoms with van der Waals surface area (Å²) in [5.41, 5.74) is 0.883. The van der Waals surface area contributed by atoms with Crippen molar-refractivity contribution >= 4 is 0 Å². The average Bonchev–Trinajstić information content (AvgIpc) is 2.53. The van der Waals surface area contributed by atoms with Crippen LogP contribution in [0.15, 0.2) is 0 Å². The summed E-state index contributed by atoms with van der Waals surface area (Å²) < 4.78 is 5.57. The first kappa shape index (κ1) is 13.0. The van der Waals surface area contributed by atoms with E-state index in [1.165, 1.54) is 0 Å². The SMILES string of the molecule is CCNC(COCC)C1C(C)(C)C1(C)C. The first-order valence-electron chi connectivity index (χ1n) is 6.20. The first-order chi connectivity index (χ1) is 6.89. The van der Waals surface area contributed by atoms with Gasteiger partial charge in [0.25, 0.3) is 0 Å². The summed E-state index contributed by atoms with van der Waals surface area (Å²) in [6, 6.07) is 0.514. The number of nitrogens with one attached hydrogen (secondary N) is 1. The Labute approximate surface area is 94.8 Å². The lowest BCUT2D eigenvalue weighted by Crippen LogP contribution is -2.37. The molecule has 2 nitrogen and oxygen atoms in total. The zero-order valence-electron chi connectivity index (χ0n) is 11.2.